The summed E-state index contributed by atoms with van der Waals surface area (Å²) in [5.74, 6) is 0. The van der Waals surface area contributed by atoms with E-state index < -0.39 is 16.6 Å². The zero-order valence-electron chi connectivity index (χ0n) is 21.0. The zero-order valence-corrected chi connectivity index (χ0v) is 23.0. The minimum absolute atomic E-state index is 0.215. The molecule has 0 aromatic heterocycles. The lowest BCUT2D eigenvalue weighted by molar-refractivity contribution is 0.0294. The van der Waals surface area contributed by atoms with Crippen molar-refractivity contribution in [2.75, 3.05) is 0 Å². The molecule has 2 nitrogen and oxygen atoms in total. The fourth-order valence-corrected chi connectivity index (χ4v) is 17.5. The average molecular weight is 427 g/mol. The molecule has 0 amide bonds. The first kappa shape index (κ1) is 26.1. The Morgan fingerprint density at radius 3 is 0.893 bits per heavy atom. The maximum absolute atomic E-state index is 7.25. The maximum atomic E-state index is 7.25. The molecule has 0 N–H and O–H groups in total. The van der Waals surface area contributed by atoms with Crippen LogP contribution in [0.3, 0.4) is 0 Å². The SMILES string of the molecule is CC(C)[Si](O[C@H]1CC=CC[C@H]1O[Si](C(C)C)(C(C)C)C(C)C)(C(C)C)C(C)C. The summed E-state index contributed by atoms with van der Waals surface area (Å²) in [5, 5.41) is 0. The molecular formula is C24H50O2Si2. The molecular weight excluding hydrogens is 376 g/mol. The van der Waals surface area contributed by atoms with E-state index in [1.54, 1.807) is 0 Å². The van der Waals surface area contributed by atoms with Gasteiger partial charge in [0.2, 0.25) is 16.6 Å². The summed E-state index contributed by atoms with van der Waals surface area (Å²) < 4.78 is 14.5. The molecule has 2 atom stereocenters. The third-order valence-electron chi connectivity index (χ3n) is 7.44. The van der Waals surface area contributed by atoms with Crippen LogP contribution in [0.5, 0.6) is 0 Å². The summed E-state index contributed by atoms with van der Waals surface area (Å²) in [6.07, 6.45) is 7.09. The van der Waals surface area contributed by atoms with Crippen molar-refractivity contribution in [1.29, 1.82) is 0 Å². The molecule has 1 aliphatic carbocycles. The normalized spacial score (nSPS) is 21.9. The lowest BCUT2D eigenvalue weighted by Crippen LogP contribution is -2.56. The van der Waals surface area contributed by atoms with Gasteiger partial charge >= 0.3 is 0 Å². The molecule has 166 valence electrons. The Hall–Kier alpha value is 0.0938. The van der Waals surface area contributed by atoms with Gasteiger partial charge < -0.3 is 8.85 Å². The number of hydrogen-bond acceptors (Lipinski definition) is 2. The summed E-state index contributed by atoms with van der Waals surface area (Å²) >= 11 is 0. The van der Waals surface area contributed by atoms with E-state index in [0.29, 0.717) is 33.2 Å². The molecule has 0 bridgehead atoms. The molecule has 0 aromatic carbocycles. The molecule has 28 heavy (non-hydrogen) atoms. The highest BCUT2D eigenvalue weighted by Crippen LogP contribution is 2.47. The quantitative estimate of drug-likeness (QED) is 0.257. The van der Waals surface area contributed by atoms with Crippen molar-refractivity contribution in [1.82, 2.24) is 0 Å². The van der Waals surface area contributed by atoms with Crippen LogP contribution in [0.1, 0.15) is 95.9 Å². The van der Waals surface area contributed by atoms with Gasteiger partial charge in [0, 0.05) is 0 Å². The van der Waals surface area contributed by atoms with Crippen molar-refractivity contribution < 1.29 is 8.85 Å². The minimum atomic E-state index is -1.91. The van der Waals surface area contributed by atoms with Gasteiger partial charge in [0.1, 0.15) is 0 Å². The highest BCUT2D eigenvalue weighted by molar-refractivity contribution is 6.78. The molecule has 0 aliphatic heterocycles. The van der Waals surface area contributed by atoms with Gasteiger partial charge in [-0.15, -0.1) is 0 Å². The van der Waals surface area contributed by atoms with E-state index in [9.17, 15) is 0 Å². The second kappa shape index (κ2) is 10.4. The third kappa shape index (κ3) is 5.04. The van der Waals surface area contributed by atoms with E-state index in [1.807, 2.05) is 0 Å². The van der Waals surface area contributed by atoms with E-state index in [1.165, 1.54) is 0 Å². The topological polar surface area (TPSA) is 18.5 Å². The van der Waals surface area contributed by atoms with Crippen LogP contribution in [0.4, 0.5) is 0 Å². The predicted octanol–water partition coefficient (Wildman–Crippen LogP) is 8.46. The van der Waals surface area contributed by atoms with Crippen molar-refractivity contribution in [3.8, 4) is 0 Å². The highest BCUT2D eigenvalue weighted by atomic mass is 28.4. The minimum Gasteiger partial charge on any atom is -0.410 e. The smallest absolute Gasteiger partial charge is 0.200 e. The van der Waals surface area contributed by atoms with Gasteiger partial charge in [0.15, 0.2) is 0 Å². The van der Waals surface area contributed by atoms with E-state index in [-0.39, 0.29) is 12.2 Å². The molecule has 0 spiro atoms. The first-order valence-corrected chi connectivity index (χ1v) is 16.1. The van der Waals surface area contributed by atoms with Crippen molar-refractivity contribution in [2.24, 2.45) is 0 Å². The van der Waals surface area contributed by atoms with E-state index >= 15 is 0 Å². The van der Waals surface area contributed by atoms with Crippen LogP contribution in [0.15, 0.2) is 12.2 Å². The van der Waals surface area contributed by atoms with Gasteiger partial charge in [0.05, 0.1) is 12.2 Å². The molecule has 4 heteroatoms. The Morgan fingerprint density at radius 2 is 0.714 bits per heavy atom. The maximum Gasteiger partial charge on any atom is 0.200 e. The van der Waals surface area contributed by atoms with E-state index in [0.717, 1.165) is 12.8 Å². The van der Waals surface area contributed by atoms with E-state index in [4.69, 9.17) is 8.85 Å². The van der Waals surface area contributed by atoms with Crippen molar-refractivity contribution >= 4 is 16.6 Å². The van der Waals surface area contributed by atoms with Crippen LogP contribution in [-0.2, 0) is 8.85 Å². The fourth-order valence-electron chi connectivity index (χ4n) is 6.35. The van der Waals surface area contributed by atoms with Gasteiger partial charge in [-0.05, 0) is 46.1 Å². The van der Waals surface area contributed by atoms with Crippen LogP contribution < -0.4 is 0 Å². The van der Waals surface area contributed by atoms with E-state index in [2.05, 4.69) is 95.2 Å². The first-order valence-electron chi connectivity index (χ1n) is 11.8. The molecule has 0 fully saturated rings. The Bertz CT molecular complexity index is 407. The average Bonchev–Trinajstić information content (AvgIpc) is 2.56. The van der Waals surface area contributed by atoms with Gasteiger partial charge in [-0.2, -0.15) is 0 Å². The molecule has 0 saturated heterocycles. The molecule has 1 rings (SSSR count). The first-order chi connectivity index (χ1) is 12.8. The molecule has 0 heterocycles. The number of rotatable bonds is 10. The predicted molar refractivity (Wildman–Crippen MR) is 130 cm³/mol. The van der Waals surface area contributed by atoms with Crippen LogP contribution in [0.2, 0.25) is 33.2 Å². The monoisotopic (exact) mass is 426 g/mol. The largest absolute Gasteiger partial charge is 0.410 e. The van der Waals surface area contributed by atoms with Crippen molar-refractivity contribution in [3.63, 3.8) is 0 Å². The highest BCUT2D eigenvalue weighted by Gasteiger charge is 2.51. The zero-order chi connectivity index (χ0) is 21.9. The van der Waals surface area contributed by atoms with Gasteiger partial charge in [-0.1, -0.05) is 95.2 Å². The summed E-state index contributed by atoms with van der Waals surface area (Å²) in [5.41, 5.74) is 3.67. The molecule has 0 radical (unpaired) electrons. The van der Waals surface area contributed by atoms with Gasteiger partial charge in [-0.3, -0.25) is 0 Å². The Labute approximate surface area is 179 Å². The van der Waals surface area contributed by atoms with Crippen LogP contribution >= 0.6 is 0 Å². The second-order valence-electron chi connectivity index (χ2n) is 10.9. The summed E-state index contributed by atoms with van der Waals surface area (Å²) in [6.45, 7) is 28.6. The lowest BCUT2D eigenvalue weighted by atomic mass is 10.0. The fraction of sp³-hybridized carbons (Fsp3) is 0.917. The van der Waals surface area contributed by atoms with Gasteiger partial charge in [-0.25, -0.2) is 0 Å². The Kier molecular flexibility index (Phi) is 9.72. The summed E-state index contributed by atoms with van der Waals surface area (Å²) in [6, 6.07) is 0. The number of hydrogen-bond donors (Lipinski definition) is 0. The Morgan fingerprint density at radius 1 is 0.500 bits per heavy atom. The van der Waals surface area contributed by atoms with Gasteiger partial charge in [0.25, 0.3) is 0 Å². The van der Waals surface area contributed by atoms with Crippen molar-refractivity contribution in [2.45, 2.75) is 141 Å². The molecule has 0 unspecified atom stereocenters. The molecule has 0 saturated carbocycles. The third-order valence-corrected chi connectivity index (χ3v) is 19.7. The van der Waals surface area contributed by atoms with Crippen LogP contribution in [0, 0.1) is 0 Å². The standard InChI is InChI=1S/C24H50O2Si2/c1-17(2)27(18(3)4,19(5)6)25-23-15-13-14-16-24(23)26-28(20(7)8,21(9)10)22(11)12/h13-14,17-24H,15-16H2,1-12H3/t23-,24+. The van der Waals surface area contributed by atoms with Crippen LogP contribution in [0.25, 0.3) is 0 Å². The summed E-state index contributed by atoms with van der Waals surface area (Å²) in [7, 11) is -3.82. The van der Waals surface area contributed by atoms with Crippen LogP contribution in [-0.4, -0.2) is 28.8 Å². The molecule has 0 aromatic rings. The van der Waals surface area contributed by atoms with Crippen molar-refractivity contribution in [3.05, 3.63) is 12.2 Å². The lowest BCUT2D eigenvalue weighted by Gasteiger charge is -2.50. The summed E-state index contributed by atoms with van der Waals surface area (Å²) in [4.78, 5) is 0. The Balaban J connectivity index is 3.27. The second-order valence-corrected chi connectivity index (χ2v) is 21.7. The molecule has 1 aliphatic rings.